The van der Waals surface area contributed by atoms with Crippen molar-refractivity contribution in [2.24, 2.45) is 0 Å². The number of piperazine rings is 1. The van der Waals surface area contributed by atoms with E-state index in [1.807, 2.05) is 30.6 Å². The van der Waals surface area contributed by atoms with Crippen LogP contribution < -0.4 is 9.64 Å². The van der Waals surface area contributed by atoms with Crippen LogP contribution in [0.25, 0.3) is 10.9 Å². The molecule has 0 aromatic carbocycles. The number of fused-ring (bicyclic) bond motifs is 3. The Bertz CT molecular complexity index is 953. The van der Waals surface area contributed by atoms with E-state index >= 15 is 0 Å². The van der Waals surface area contributed by atoms with Gasteiger partial charge in [-0.15, -0.1) is 0 Å². The van der Waals surface area contributed by atoms with Gasteiger partial charge in [-0.3, -0.25) is 4.90 Å². The minimum absolute atomic E-state index is 0.00952. The summed E-state index contributed by atoms with van der Waals surface area (Å²) in [5.74, 6) is -0.183. The first-order valence-corrected chi connectivity index (χ1v) is 9.87. The van der Waals surface area contributed by atoms with Crippen molar-refractivity contribution < 1.29 is 18.7 Å². The largest absolute Gasteiger partial charge is 0.467 e. The molecule has 0 aliphatic carbocycles. The molecule has 2 aliphatic heterocycles. The van der Waals surface area contributed by atoms with Crippen molar-refractivity contribution in [3.63, 3.8) is 0 Å². The summed E-state index contributed by atoms with van der Waals surface area (Å²) >= 11 is 5.83. The summed E-state index contributed by atoms with van der Waals surface area (Å²) in [6.45, 7) is 6.67. The Morgan fingerprint density at radius 2 is 1.90 bits per heavy atom. The smallest absolute Gasteiger partial charge is 0.410 e. The van der Waals surface area contributed by atoms with Gasteiger partial charge in [0.15, 0.2) is 11.0 Å². The van der Waals surface area contributed by atoms with Crippen molar-refractivity contribution in [3.05, 3.63) is 17.2 Å². The number of rotatable bonds is 2. The molecule has 2 aromatic rings. The Hall–Kier alpha value is -2.42. The van der Waals surface area contributed by atoms with E-state index < -0.39 is 11.4 Å². The van der Waals surface area contributed by atoms with E-state index in [9.17, 15) is 9.18 Å². The van der Waals surface area contributed by atoms with Gasteiger partial charge in [-0.25, -0.2) is 14.2 Å². The third-order valence-corrected chi connectivity index (χ3v) is 5.43. The Balaban J connectivity index is 1.67. The van der Waals surface area contributed by atoms with Gasteiger partial charge in [-0.2, -0.15) is 9.97 Å². The minimum Gasteiger partial charge on any atom is -0.467 e. The van der Waals surface area contributed by atoms with Gasteiger partial charge >= 0.3 is 12.1 Å². The molecule has 2 aromatic heterocycles. The first-order chi connectivity index (χ1) is 13.7. The van der Waals surface area contributed by atoms with Crippen LogP contribution in [-0.4, -0.2) is 63.8 Å². The zero-order chi connectivity index (χ0) is 20.9. The molecule has 2 fully saturated rings. The molecular weight excluding hydrogens is 401 g/mol. The number of halogens is 2. The van der Waals surface area contributed by atoms with Gasteiger partial charge in [-0.1, -0.05) is 11.6 Å². The predicted octanol–water partition coefficient (Wildman–Crippen LogP) is 3.41. The van der Waals surface area contributed by atoms with Crippen molar-refractivity contribution in [2.75, 3.05) is 25.1 Å². The lowest BCUT2D eigenvalue weighted by Gasteiger charge is -2.42. The number of hydrogen-bond donors (Lipinski definition) is 0. The maximum atomic E-state index is 14.5. The Labute approximate surface area is 173 Å². The lowest BCUT2D eigenvalue weighted by molar-refractivity contribution is 0.0123. The SMILES string of the molecule is COc1nc(N2C[C@H]3CC[C@@H](C2)N3C(=O)OC(C)(C)C)c2cnc(Cl)c(F)c2n1. The highest BCUT2D eigenvalue weighted by Crippen LogP contribution is 2.36. The van der Waals surface area contributed by atoms with Crippen molar-refractivity contribution in [3.8, 4) is 6.01 Å². The van der Waals surface area contributed by atoms with Crippen LogP contribution in [0.5, 0.6) is 6.01 Å². The molecule has 1 amide bonds. The third kappa shape index (κ3) is 3.63. The summed E-state index contributed by atoms with van der Waals surface area (Å²) in [6.07, 6.45) is 2.92. The molecule has 2 aliphatic rings. The Kier molecular flexibility index (Phi) is 4.88. The van der Waals surface area contributed by atoms with Crippen molar-refractivity contribution in [1.29, 1.82) is 0 Å². The molecule has 8 nitrogen and oxygen atoms in total. The maximum Gasteiger partial charge on any atom is 0.410 e. The number of pyridine rings is 1. The zero-order valence-electron chi connectivity index (χ0n) is 16.8. The van der Waals surface area contributed by atoms with Gasteiger partial charge < -0.3 is 14.4 Å². The van der Waals surface area contributed by atoms with Gasteiger partial charge in [0.05, 0.1) is 24.6 Å². The number of methoxy groups -OCH3 is 1. The highest BCUT2D eigenvalue weighted by Gasteiger charge is 2.45. The third-order valence-electron chi connectivity index (χ3n) is 5.17. The monoisotopic (exact) mass is 423 g/mol. The lowest BCUT2D eigenvalue weighted by atomic mass is 10.1. The van der Waals surface area contributed by atoms with Crippen LogP contribution in [0.1, 0.15) is 33.6 Å². The molecule has 2 bridgehead atoms. The van der Waals surface area contributed by atoms with Crippen LogP contribution in [0.3, 0.4) is 0 Å². The molecule has 0 saturated carbocycles. The predicted molar refractivity (Wildman–Crippen MR) is 106 cm³/mol. The summed E-state index contributed by atoms with van der Waals surface area (Å²) in [4.78, 5) is 29.0. The van der Waals surface area contributed by atoms with Crippen molar-refractivity contribution >= 4 is 34.4 Å². The molecular formula is C19H23ClFN5O3. The quantitative estimate of drug-likeness (QED) is 0.684. The summed E-state index contributed by atoms with van der Waals surface area (Å²) in [5.41, 5.74) is -0.486. The number of amides is 1. The standard InChI is InChI=1S/C19H23ClFN5O3/c1-19(2,3)29-18(27)26-10-5-6-11(26)9-25(8-10)16-12-7-22-15(20)13(21)14(12)23-17(24-16)28-4/h7,10-11H,5-6,8-9H2,1-4H3/t10-,11+. The van der Waals surface area contributed by atoms with Crippen LogP contribution >= 0.6 is 11.6 Å². The summed E-state index contributed by atoms with van der Waals surface area (Å²) in [6, 6.07) is 0.0324. The Morgan fingerprint density at radius 3 is 2.48 bits per heavy atom. The normalized spacial score (nSPS) is 21.6. The first kappa shape index (κ1) is 19.9. The second-order valence-corrected chi connectivity index (χ2v) is 8.69. The van der Waals surface area contributed by atoms with E-state index in [-0.39, 0.29) is 34.9 Å². The molecule has 0 radical (unpaired) electrons. The fraction of sp³-hybridized carbons (Fsp3) is 0.579. The number of ether oxygens (including phenoxy) is 2. The summed E-state index contributed by atoms with van der Waals surface area (Å²) in [7, 11) is 1.43. The van der Waals surface area contributed by atoms with Gasteiger partial charge in [-0.05, 0) is 33.6 Å². The first-order valence-electron chi connectivity index (χ1n) is 9.50. The molecule has 2 saturated heterocycles. The van der Waals surface area contributed by atoms with Gasteiger partial charge in [0, 0.05) is 19.3 Å². The fourth-order valence-electron chi connectivity index (χ4n) is 4.02. The molecule has 0 unspecified atom stereocenters. The number of anilines is 1. The van der Waals surface area contributed by atoms with E-state index in [0.29, 0.717) is 24.3 Å². The Morgan fingerprint density at radius 1 is 1.24 bits per heavy atom. The number of hydrogen-bond acceptors (Lipinski definition) is 7. The molecule has 0 spiro atoms. The van der Waals surface area contributed by atoms with Crippen LogP contribution in [0.15, 0.2) is 6.20 Å². The van der Waals surface area contributed by atoms with Gasteiger partial charge in [0.25, 0.3) is 0 Å². The average Bonchev–Trinajstić information content (AvgIpc) is 2.93. The van der Waals surface area contributed by atoms with Crippen LogP contribution in [-0.2, 0) is 4.74 Å². The van der Waals surface area contributed by atoms with E-state index in [2.05, 4.69) is 15.0 Å². The second kappa shape index (κ2) is 7.12. The highest BCUT2D eigenvalue weighted by atomic mass is 35.5. The van der Waals surface area contributed by atoms with Crippen molar-refractivity contribution in [2.45, 2.75) is 51.3 Å². The molecule has 4 rings (SSSR count). The topological polar surface area (TPSA) is 80.7 Å². The second-order valence-electron chi connectivity index (χ2n) is 8.34. The van der Waals surface area contributed by atoms with Gasteiger partial charge in [0.1, 0.15) is 16.9 Å². The van der Waals surface area contributed by atoms with Crippen LogP contribution in [0.4, 0.5) is 15.0 Å². The van der Waals surface area contributed by atoms with E-state index in [4.69, 9.17) is 21.1 Å². The molecule has 2 atom stereocenters. The number of aromatic nitrogens is 3. The molecule has 0 N–H and O–H groups in total. The van der Waals surface area contributed by atoms with Crippen LogP contribution in [0, 0.1) is 5.82 Å². The molecule has 29 heavy (non-hydrogen) atoms. The van der Waals surface area contributed by atoms with E-state index in [1.54, 1.807) is 0 Å². The van der Waals surface area contributed by atoms with Crippen molar-refractivity contribution in [1.82, 2.24) is 19.9 Å². The number of carbonyl (C=O) groups is 1. The number of carbonyl (C=O) groups excluding carboxylic acids is 1. The van der Waals surface area contributed by atoms with E-state index in [1.165, 1.54) is 13.3 Å². The molecule has 4 heterocycles. The summed E-state index contributed by atoms with van der Waals surface area (Å²) in [5, 5.41) is 0.205. The summed E-state index contributed by atoms with van der Waals surface area (Å²) < 4.78 is 25.3. The van der Waals surface area contributed by atoms with Crippen LogP contribution in [0.2, 0.25) is 5.15 Å². The minimum atomic E-state index is -0.707. The van der Waals surface area contributed by atoms with Gasteiger partial charge in [0.2, 0.25) is 0 Å². The molecule has 156 valence electrons. The maximum absolute atomic E-state index is 14.5. The van der Waals surface area contributed by atoms with E-state index in [0.717, 1.165) is 12.8 Å². The zero-order valence-corrected chi connectivity index (χ0v) is 17.5. The lowest BCUT2D eigenvalue weighted by Crippen LogP contribution is -2.57. The number of nitrogens with zero attached hydrogens (tertiary/aromatic N) is 5. The fourth-order valence-corrected chi connectivity index (χ4v) is 4.16. The highest BCUT2D eigenvalue weighted by molar-refractivity contribution is 6.30. The molecule has 10 heteroatoms. The average molecular weight is 424 g/mol.